The minimum absolute atomic E-state index is 0.0705. The molecule has 7 heteroatoms. The number of carbonyl (C=O) groups is 1. The Balaban J connectivity index is 2.00. The lowest BCUT2D eigenvalue weighted by Gasteiger charge is -2.41. The zero-order valence-corrected chi connectivity index (χ0v) is 15.0. The zero-order chi connectivity index (χ0) is 19.0. The van der Waals surface area contributed by atoms with Crippen molar-refractivity contribution in [3.63, 3.8) is 0 Å². The summed E-state index contributed by atoms with van der Waals surface area (Å²) in [5.74, 6) is -4.67. The van der Waals surface area contributed by atoms with Gasteiger partial charge in [0.15, 0.2) is 0 Å². The van der Waals surface area contributed by atoms with E-state index in [0.29, 0.717) is 0 Å². The van der Waals surface area contributed by atoms with E-state index in [1.807, 2.05) is 0 Å². The SMILES string of the molecule is C[C@@H](N)c1cccc(C(F)(F)CC2CN(C(=O)OC(C)(C)C)C2)c1F. The van der Waals surface area contributed by atoms with Gasteiger partial charge in [0.25, 0.3) is 5.92 Å². The van der Waals surface area contributed by atoms with Gasteiger partial charge in [-0.25, -0.2) is 18.0 Å². The number of amides is 1. The van der Waals surface area contributed by atoms with Gasteiger partial charge in [0.05, 0.1) is 5.56 Å². The maximum absolute atomic E-state index is 14.5. The number of likely N-dealkylation sites (tertiary alicyclic amines) is 1. The molecule has 0 aliphatic carbocycles. The smallest absolute Gasteiger partial charge is 0.410 e. The lowest BCUT2D eigenvalue weighted by atomic mass is 9.89. The number of ether oxygens (including phenoxy) is 1. The number of carbonyl (C=O) groups excluding carboxylic acids is 1. The quantitative estimate of drug-likeness (QED) is 0.878. The first-order valence-electron chi connectivity index (χ1n) is 8.31. The van der Waals surface area contributed by atoms with Crippen LogP contribution in [0.3, 0.4) is 0 Å². The molecule has 1 atom stereocenters. The highest BCUT2D eigenvalue weighted by Crippen LogP contribution is 2.40. The van der Waals surface area contributed by atoms with Crippen LogP contribution >= 0.6 is 0 Å². The average Bonchev–Trinajstić information content (AvgIpc) is 2.40. The van der Waals surface area contributed by atoms with E-state index in [9.17, 15) is 18.0 Å². The Morgan fingerprint density at radius 1 is 1.36 bits per heavy atom. The van der Waals surface area contributed by atoms with Crippen LogP contribution in [0.15, 0.2) is 18.2 Å². The van der Waals surface area contributed by atoms with E-state index in [1.165, 1.54) is 17.0 Å². The molecule has 1 heterocycles. The molecule has 0 unspecified atom stereocenters. The summed E-state index contributed by atoms with van der Waals surface area (Å²) in [7, 11) is 0. The first-order valence-corrected chi connectivity index (χ1v) is 8.31. The summed E-state index contributed by atoms with van der Waals surface area (Å²) in [6.07, 6.45) is -1.04. The molecule has 1 amide bonds. The molecule has 2 rings (SSSR count). The zero-order valence-electron chi connectivity index (χ0n) is 15.0. The second-order valence-electron chi connectivity index (χ2n) is 7.66. The van der Waals surface area contributed by atoms with Crippen molar-refractivity contribution >= 4 is 6.09 Å². The highest BCUT2D eigenvalue weighted by molar-refractivity contribution is 5.69. The number of nitrogens with zero attached hydrogens (tertiary/aromatic N) is 1. The molecule has 0 saturated carbocycles. The Kier molecular flexibility index (Phi) is 5.37. The normalized spacial score (nSPS) is 17.2. The van der Waals surface area contributed by atoms with Gasteiger partial charge in [-0.1, -0.05) is 18.2 Å². The van der Waals surface area contributed by atoms with Gasteiger partial charge in [0.2, 0.25) is 0 Å². The molecule has 1 aromatic rings. The number of alkyl halides is 2. The van der Waals surface area contributed by atoms with E-state index in [1.54, 1.807) is 27.7 Å². The van der Waals surface area contributed by atoms with Gasteiger partial charge in [0, 0.05) is 37.0 Å². The van der Waals surface area contributed by atoms with Crippen LogP contribution < -0.4 is 5.73 Å². The summed E-state index contributed by atoms with van der Waals surface area (Å²) in [4.78, 5) is 13.2. The molecule has 1 aliphatic heterocycles. The van der Waals surface area contributed by atoms with Gasteiger partial charge in [0.1, 0.15) is 11.4 Å². The molecule has 2 N–H and O–H groups in total. The summed E-state index contributed by atoms with van der Waals surface area (Å²) < 4.78 is 48.6. The fourth-order valence-corrected chi connectivity index (χ4v) is 2.83. The minimum Gasteiger partial charge on any atom is -0.444 e. The van der Waals surface area contributed by atoms with Crippen molar-refractivity contribution in [1.29, 1.82) is 0 Å². The van der Waals surface area contributed by atoms with Crippen molar-refractivity contribution in [2.24, 2.45) is 11.7 Å². The highest BCUT2D eigenvalue weighted by atomic mass is 19.3. The van der Waals surface area contributed by atoms with Crippen LogP contribution in [-0.4, -0.2) is 29.7 Å². The van der Waals surface area contributed by atoms with Gasteiger partial charge in [-0.05, 0) is 27.7 Å². The van der Waals surface area contributed by atoms with Crippen LogP contribution in [0.5, 0.6) is 0 Å². The molecule has 1 saturated heterocycles. The largest absolute Gasteiger partial charge is 0.444 e. The summed E-state index contributed by atoms with van der Waals surface area (Å²) in [5, 5.41) is 0. The van der Waals surface area contributed by atoms with E-state index in [0.717, 1.165) is 6.07 Å². The number of hydrogen-bond acceptors (Lipinski definition) is 3. The Hall–Kier alpha value is -1.76. The van der Waals surface area contributed by atoms with E-state index >= 15 is 0 Å². The van der Waals surface area contributed by atoms with Gasteiger partial charge >= 0.3 is 6.09 Å². The molecule has 1 aromatic carbocycles. The molecule has 0 spiro atoms. The summed E-state index contributed by atoms with van der Waals surface area (Å²) in [6.45, 7) is 7.13. The Morgan fingerprint density at radius 3 is 2.48 bits per heavy atom. The maximum Gasteiger partial charge on any atom is 0.410 e. The van der Waals surface area contributed by atoms with Gasteiger partial charge in [-0.2, -0.15) is 0 Å². The number of hydrogen-bond donors (Lipinski definition) is 1. The van der Waals surface area contributed by atoms with Crippen LogP contribution in [0.1, 0.15) is 51.3 Å². The predicted octanol–water partition coefficient (Wildman–Crippen LogP) is 4.19. The molecule has 1 fully saturated rings. The highest BCUT2D eigenvalue weighted by Gasteiger charge is 2.43. The Morgan fingerprint density at radius 2 is 1.96 bits per heavy atom. The second kappa shape index (κ2) is 6.86. The number of benzene rings is 1. The molecule has 0 radical (unpaired) electrons. The van der Waals surface area contributed by atoms with Crippen molar-refractivity contribution in [2.75, 3.05) is 13.1 Å². The predicted molar refractivity (Wildman–Crippen MR) is 88.8 cm³/mol. The van der Waals surface area contributed by atoms with E-state index in [2.05, 4.69) is 0 Å². The van der Waals surface area contributed by atoms with Crippen molar-refractivity contribution in [3.05, 3.63) is 35.1 Å². The van der Waals surface area contributed by atoms with Crippen LogP contribution in [0.4, 0.5) is 18.0 Å². The summed E-state index contributed by atoms with van der Waals surface area (Å²) >= 11 is 0. The molecule has 140 valence electrons. The number of nitrogens with two attached hydrogens (primary N) is 1. The fraction of sp³-hybridized carbons (Fsp3) is 0.611. The fourth-order valence-electron chi connectivity index (χ4n) is 2.83. The monoisotopic (exact) mass is 358 g/mol. The molecular formula is C18H25F3N2O2. The van der Waals surface area contributed by atoms with Crippen LogP contribution in [0, 0.1) is 11.7 Å². The number of halogens is 3. The van der Waals surface area contributed by atoms with E-state index in [4.69, 9.17) is 10.5 Å². The standard InChI is InChI=1S/C18H25F3N2O2/c1-11(22)13-6-5-7-14(15(13)19)18(20,21)8-12-9-23(10-12)16(24)25-17(2,3)4/h5-7,11-12H,8-10,22H2,1-4H3/t11-/m1/s1. The molecule has 25 heavy (non-hydrogen) atoms. The van der Waals surface area contributed by atoms with E-state index < -0.39 is 47.4 Å². The molecule has 0 bridgehead atoms. The van der Waals surface area contributed by atoms with Crippen LogP contribution in [0.2, 0.25) is 0 Å². The van der Waals surface area contributed by atoms with Crippen LogP contribution in [-0.2, 0) is 10.7 Å². The maximum atomic E-state index is 14.5. The third-order valence-electron chi connectivity index (χ3n) is 4.07. The first kappa shape index (κ1) is 19.6. The van der Waals surface area contributed by atoms with Crippen molar-refractivity contribution < 1.29 is 22.7 Å². The third-order valence-corrected chi connectivity index (χ3v) is 4.07. The Labute approximate surface area is 146 Å². The van der Waals surface area contributed by atoms with Crippen molar-refractivity contribution in [2.45, 2.75) is 51.7 Å². The summed E-state index contributed by atoms with van der Waals surface area (Å²) in [5.41, 5.74) is 4.42. The van der Waals surface area contributed by atoms with Gasteiger partial charge in [-0.3, -0.25) is 0 Å². The minimum atomic E-state index is -3.32. The van der Waals surface area contributed by atoms with Gasteiger partial charge in [-0.15, -0.1) is 0 Å². The van der Waals surface area contributed by atoms with Crippen LogP contribution in [0.25, 0.3) is 0 Å². The lowest BCUT2D eigenvalue weighted by molar-refractivity contribution is -0.0632. The third kappa shape index (κ3) is 4.66. The van der Waals surface area contributed by atoms with E-state index in [-0.39, 0.29) is 18.7 Å². The Bertz CT molecular complexity index is 636. The van der Waals surface area contributed by atoms with Gasteiger partial charge < -0.3 is 15.4 Å². The molecule has 1 aliphatic rings. The number of rotatable bonds is 4. The molecule has 0 aromatic heterocycles. The topological polar surface area (TPSA) is 55.6 Å². The first-order chi connectivity index (χ1) is 11.4. The molecular weight excluding hydrogens is 333 g/mol. The van der Waals surface area contributed by atoms with Crippen molar-refractivity contribution in [3.8, 4) is 0 Å². The second-order valence-corrected chi connectivity index (χ2v) is 7.66. The lowest BCUT2D eigenvalue weighted by Crippen LogP contribution is -2.52. The summed E-state index contributed by atoms with van der Waals surface area (Å²) in [6, 6.07) is 3.22. The molecule has 4 nitrogen and oxygen atoms in total. The average molecular weight is 358 g/mol. The van der Waals surface area contributed by atoms with Crippen molar-refractivity contribution in [1.82, 2.24) is 4.90 Å².